The van der Waals surface area contributed by atoms with Crippen LogP contribution < -0.4 is 5.32 Å². The fraction of sp³-hybridized carbons (Fsp3) is 0.0800. The molecule has 0 unspecified atom stereocenters. The summed E-state index contributed by atoms with van der Waals surface area (Å²) >= 11 is 2.41. The summed E-state index contributed by atoms with van der Waals surface area (Å²) in [4.78, 5) is 40.5. The molecule has 0 atom stereocenters. The number of hydrogen-bond acceptors (Lipinski definition) is 5. The lowest BCUT2D eigenvalue weighted by Gasteiger charge is -2.12. The van der Waals surface area contributed by atoms with Gasteiger partial charge in [0.05, 0.1) is 10.6 Å². The molecule has 8 heteroatoms. The van der Waals surface area contributed by atoms with E-state index >= 15 is 0 Å². The minimum atomic E-state index is -0.652. The largest absolute Gasteiger partial charge is 0.322 e. The minimum absolute atomic E-state index is 0.00592. The highest BCUT2D eigenvalue weighted by atomic mass is 32.2. The summed E-state index contributed by atoms with van der Waals surface area (Å²) in [5.74, 6) is -1.79. The van der Waals surface area contributed by atoms with Crippen LogP contribution in [0.15, 0.2) is 87.5 Å². The van der Waals surface area contributed by atoms with E-state index in [9.17, 15) is 18.8 Å². The van der Waals surface area contributed by atoms with Crippen molar-refractivity contribution in [3.05, 3.63) is 94.6 Å². The minimum Gasteiger partial charge on any atom is -0.322 e. The monoisotopic (exact) mass is 478 g/mol. The van der Waals surface area contributed by atoms with Gasteiger partial charge in [-0.1, -0.05) is 53.7 Å². The third-order valence-electron chi connectivity index (χ3n) is 4.76. The summed E-state index contributed by atoms with van der Waals surface area (Å²) in [6.45, 7) is 1.56. The molecule has 4 rings (SSSR count). The SMILES string of the molecule is Cc1ccc(Sc2ccc(/C=C3\SC(=O)N(CC(=O)Nc4ccccc4F)C3=O)cc2)cc1. The van der Waals surface area contributed by atoms with Gasteiger partial charge in [-0.05, 0) is 66.7 Å². The van der Waals surface area contributed by atoms with Crippen LogP contribution in [0, 0.1) is 12.7 Å². The second-order valence-corrected chi connectivity index (χ2v) is 9.42. The Morgan fingerprint density at radius 1 is 1.00 bits per heavy atom. The maximum atomic E-state index is 13.7. The van der Waals surface area contributed by atoms with Crippen molar-refractivity contribution in [2.24, 2.45) is 0 Å². The van der Waals surface area contributed by atoms with E-state index < -0.39 is 29.4 Å². The molecule has 1 saturated heterocycles. The molecule has 3 aromatic carbocycles. The average Bonchev–Trinajstić information content (AvgIpc) is 3.05. The van der Waals surface area contributed by atoms with Crippen LogP contribution in [-0.2, 0) is 9.59 Å². The van der Waals surface area contributed by atoms with E-state index in [0.717, 1.165) is 32.0 Å². The normalized spacial score (nSPS) is 14.7. The van der Waals surface area contributed by atoms with Crippen molar-refractivity contribution in [2.75, 3.05) is 11.9 Å². The molecule has 33 heavy (non-hydrogen) atoms. The molecule has 1 fully saturated rings. The molecule has 3 amide bonds. The molecule has 0 aliphatic carbocycles. The van der Waals surface area contributed by atoms with Crippen molar-refractivity contribution in [1.82, 2.24) is 4.90 Å². The second kappa shape index (κ2) is 10.1. The van der Waals surface area contributed by atoms with Crippen molar-refractivity contribution >= 4 is 52.3 Å². The van der Waals surface area contributed by atoms with Gasteiger partial charge in [-0.3, -0.25) is 19.3 Å². The highest BCUT2D eigenvalue weighted by molar-refractivity contribution is 8.18. The van der Waals surface area contributed by atoms with Gasteiger partial charge in [0, 0.05) is 9.79 Å². The van der Waals surface area contributed by atoms with E-state index in [1.54, 1.807) is 23.9 Å². The summed E-state index contributed by atoms with van der Waals surface area (Å²) < 4.78 is 13.7. The Bertz CT molecular complexity index is 1240. The van der Waals surface area contributed by atoms with Crippen molar-refractivity contribution in [3.63, 3.8) is 0 Å². The molecule has 0 saturated carbocycles. The number of hydrogen-bond donors (Lipinski definition) is 1. The first-order valence-electron chi connectivity index (χ1n) is 10.0. The molecular weight excluding hydrogens is 459 g/mol. The van der Waals surface area contributed by atoms with Crippen molar-refractivity contribution in [3.8, 4) is 0 Å². The first-order valence-corrected chi connectivity index (χ1v) is 11.7. The number of carbonyl (C=O) groups is 3. The molecule has 5 nitrogen and oxygen atoms in total. The number of amides is 3. The molecule has 1 heterocycles. The van der Waals surface area contributed by atoms with Crippen molar-refractivity contribution in [2.45, 2.75) is 16.7 Å². The third kappa shape index (κ3) is 5.71. The molecule has 0 bridgehead atoms. The van der Waals surface area contributed by atoms with Crippen LogP contribution in [0.25, 0.3) is 6.08 Å². The Morgan fingerprint density at radius 3 is 2.30 bits per heavy atom. The van der Waals surface area contributed by atoms with E-state index in [1.165, 1.54) is 23.8 Å². The Labute approximate surface area is 199 Å². The highest BCUT2D eigenvalue weighted by Crippen LogP contribution is 2.33. The number of anilines is 1. The lowest BCUT2D eigenvalue weighted by molar-refractivity contribution is -0.127. The fourth-order valence-electron chi connectivity index (χ4n) is 3.06. The number of benzene rings is 3. The van der Waals surface area contributed by atoms with Gasteiger partial charge in [0.2, 0.25) is 5.91 Å². The van der Waals surface area contributed by atoms with Gasteiger partial charge < -0.3 is 5.32 Å². The molecular formula is C25H19FN2O3S2. The maximum absolute atomic E-state index is 13.7. The maximum Gasteiger partial charge on any atom is 0.294 e. The summed E-state index contributed by atoms with van der Waals surface area (Å²) in [7, 11) is 0. The first-order chi connectivity index (χ1) is 15.9. The van der Waals surface area contributed by atoms with Crippen molar-refractivity contribution in [1.29, 1.82) is 0 Å². The van der Waals surface area contributed by atoms with Gasteiger partial charge in [-0.15, -0.1) is 0 Å². The number of para-hydroxylation sites is 1. The Balaban J connectivity index is 1.40. The first kappa shape index (κ1) is 22.8. The smallest absolute Gasteiger partial charge is 0.294 e. The average molecular weight is 479 g/mol. The van der Waals surface area contributed by atoms with Gasteiger partial charge in [0.1, 0.15) is 12.4 Å². The van der Waals surface area contributed by atoms with E-state index in [2.05, 4.69) is 29.6 Å². The Kier molecular flexibility index (Phi) is 6.96. The molecule has 3 aromatic rings. The quantitative estimate of drug-likeness (QED) is 0.443. The molecule has 0 spiro atoms. The van der Waals surface area contributed by atoms with Gasteiger partial charge in [0.25, 0.3) is 11.1 Å². The van der Waals surface area contributed by atoms with Crippen LogP contribution in [0.4, 0.5) is 14.9 Å². The van der Waals surface area contributed by atoms with Crippen LogP contribution in [0.5, 0.6) is 0 Å². The fourth-order valence-corrected chi connectivity index (χ4v) is 4.71. The summed E-state index contributed by atoms with van der Waals surface area (Å²) in [6, 6.07) is 21.6. The lowest BCUT2D eigenvalue weighted by atomic mass is 10.2. The molecule has 1 N–H and O–H groups in total. The van der Waals surface area contributed by atoms with Gasteiger partial charge >= 0.3 is 0 Å². The second-order valence-electron chi connectivity index (χ2n) is 7.28. The zero-order valence-electron chi connectivity index (χ0n) is 17.6. The van der Waals surface area contributed by atoms with Crippen LogP contribution in [-0.4, -0.2) is 28.5 Å². The number of aryl methyl sites for hydroxylation is 1. The predicted molar refractivity (Wildman–Crippen MR) is 129 cm³/mol. The highest BCUT2D eigenvalue weighted by Gasteiger charge is 2.36. The molecule has 1 aliphatic rings. The van der Waals surface area contributed by atoms with Gasteiger partial charge in [0.15, 0.2) is 0 Å². The van der Waals surface area contributed by atoms with Crippen LogP contribution in [0.2, 0.25) is 0 Å². The van der Waals surface area contributed by atoms with Crippen LogP contribution in [0.3, 0.4) is 0 Å². The number of thioether (sulfide) groups is 1. The number of nitrogens with one attached hydrogen (secondary N) is 1. The van der Waals surface area contributed by atoms with E-state index in [4.69, 9.17) is 0 Å². The molecule has 166 valence electrons. The Hall–Kier alpha value is -3.36. The summed E-state index contributed by atoms with van der Waals surface area (Å²) in [6.07, 6.45) is 1.62. The van der Waals surface area contributed by atoms with Gasteiger partial charge in [-0.2, -0.15) is 0 Å². The Morgan fingerprint density at radius 2 is 1.64 bits per heavy atom. The van der Waals surface area contributed by atoms with Crippen LogP contribution in [0.1, 0.15) is 11.1 Å². The zero-order valence-corrected chi connectivity index (χ0v) is 19.2. The van der Waals surface area contributed by atoms with Gasteiger partial charge in [-0.25, -0.2) is 4.39 Å². The van der Waals surface area contributed by atoms with Crippen LogP contribution >= 0.6 is 23.5 Å². The molecule has 0 radical (unpaired) electrons. The number of imide groups is 1. The number of rotatable bonds is 6. The standard InChI is InChI=1S/C25H19FN2O3S2/c1-16-6-10-18(11-7-16)32-19-12-8-17(9-13-19)14-22-24(30)28(25(31)33-22)15-23(29)27-21-5-3-2-4-20(21)26/h2-14H,15H2,1H3,(H,27,29)/b22-14-. The molecule has 0 aromatic heterocycles. The number of halogens is 1. The van der Waals surface area contributed by atoms with E-state index in [1.807, 2.05) is 31.2 Å². The number of carbonyl (C=O) groups excluding carboxylic acids is 3. The van der Waals surface area contributed by atoms with Crippen molar-refractivity contribution < 1.29 is 18.8 Å². The van der Waals surface area contributed by atoms with E-state index in [-0.39, 0.29) is 10.6 Å². The van der Waals surface area contributed by atoms with E-state index in [0.29, 0.717) is 0 Å². The summed E-state index contributed by atoms with van der Waals surface area (Å²) in [5, 5.41) is 1.84. The lowest BCUT2D eigenvalue weighted by Crippen LogP contribution is -2.36. The topological polar surface area (TPSA) is 66.5 Å². The summed E-state index contributed by atoms with van der Waals surface area (Å²) in [5.41, 5.74) is 1.96. The zero-order chi connectivity index (χ0) is 23.4. The predicted octanol–water partition coefficient (Wildman–Crippen LogP) is 5.96. The molecule has 1 aliphatic heterocycles. The number of nitrogens with zero attached hydrogens (tertiary/aromatic N) is 1. The third-order valence-corrected chi connectivity index (χ3v) is 6.68.